The SMILES string of the molecule is NCC1CCC(C(=O)N[C@@H](Cc2ccc(-c3ccncc3)cc2)C(=O)Nc2ccc(-c3nn[nH]n3)cc2)CC1. The molecule has 10 heteroatoms. The average molecular weight is 525 g/mol. The van der Waals surface area contributed by atoms with E-state index in [4.69, 9.17) is 5.73 Å². The van der Waals surface area contributed by atoms with Crippen LogP contribution >= 0.6 is 0 Å². The number of H-pyrrole nitrogens is 1. The van der Waals surface area contributed by atoms with Gasteiger partial charge in [-0.05, 0) is 96.4 Å². The minimum atomic E-state index is -0.728. The number of tetrazole rings is 1. The Morgan fingerprint density at radius 1 is 0.897 bits per heavy atom. The highest BCUT2D eigenvalue weighted by molar-refractivity contribution is 5.97. The zero-order chi connectivity index (χ0) is 27.0. The zero-order valence-corrected chi connectivity index (χ0v) is 21.6. The van der Waals surface area contributed by atoms with Crippen LogP contribution in [0.15, 0.2) is 73.1 Å². The first kappa shape index (κ1) is 26.2. The summed E-state index contributed by atoms with van der Waals surface area (Å²) in [5, 5.41) is 19.9. The molecule has 0 bridgehead atoms. The molecule has 0 spiro atoms. The lowest BCUT2D eigenvalue weighted by Crippen LogP contribution is -2.48. The van der Waals surface area contributed by atoms with E-state index in [0.29, 0.717) is 30.4 Å². The van der Waals surface area contributed by atoms with Gasteiger partial charge in [0.1, 0.15) is 6.04 Å². The van der Waals surface area contributed by atoms with Gasteiger partial charge in [0.25, 0.3) is 0 Å². The van der Waals surface area contributed by atoms with Crippen molar-refractivity contribution in [1.82, 2.24) is 30.9 Å². The smallest absolute Gasteiger partial charge is 0.247 e. The molecule has 1 aliphatic rings. The van der Waals surface area contributed by atoms with Gasteiger partial charge >= 0.3 is 0 Å². The molecule has 2 aromatic carbocycles. The maximum absolute atomic E-state index is 13.4. The molecule has 0 saturated heterocycles. The van der Waals surface area contributed by atoms with Gasteiger partial charge in [0.05, 0.1) is 0 Å². The molecule has 10 nitrogen and oxygen atoms in total. The Labute approximate surface area is 226 Å². The van der Waals surface area contributed by atoms with Crippen LogP contribution in [0.2, 0.25) is 0 Å². The van der Waals surface area contributed by atoms with Crippen molar-refractivity contribution < 1.29 is 9.59 Å². The van der Waals surface area contributed by atoms with Crippen LogP contribution < -0.4 is 16.4 Å². The highest BCUT2D eigenvalue weighted by Gasteiger charge is 2.29. The van der Waals surface area contributed by atoms with E-state index in [0.717, 1.165) is 47.9 Å². The van der Waals surface area contributed by atoms with Crippen molar-refractivity contribution in [3.63, 3.8) is 0 Å². The van der Waals surface area contributed by atoms with Gasteiger partial charge in [0, 0.05) is 36.0 Å². The van der Waals surface area contributed by atoms with Gasteiger partial charge in [-0.15, -0.1) is 10.2 Å². The maximum atomic E-state index is 13.4. The topological polar surface area (TPSA) is 152 Å². The lowest BCUT2D eigenvalue weighted by Gasteiger charge is -2.28. The third-order valence-corrected chi connectivity index (χ3v) is 7.35. The van der Waals surface area contributed by atoms with E-state index in [-0.39, 0.29) is 17.7 Å². The predicted molar refractivity (Wildman–Crippen MR) is 148 cm³/mol. The van der Waals surface area contributed by atoms with E-state index in [1.54, 1.807) is 24.5 Å². The maximum Gasteiger partial charge on any atom is 0.247 e. The summed E-state index contributed by atoms with van der Waals surface area (Å²) in [6.07, 6.45) is 7.35. The summed E-state index contributed by atoms with van der Waals surface area (Å²) < 4.78 is 0. The Balaban J connectivity index is 1.29. The summed E-state index contributed by atoms with van der Waals surface area (Å²) in [6, 6.07) is 18.4. The first-order chi connectivity index (χ1) is 19.1. The van der Waals surface area contributed by atoms with Crippen molar-refractivity contribution in [3.05, 3.63) is 78.6 Å². The number of nitrogens with zero attached hydrogens (tertiary/aromatic N) is 4. The predicted octanol–water partition coefficient (Wildman–Crippen LogP) is 3.36. The lowest BCUT2D eigenvalue weighted by molar-refractivity contribution is -0.130. The molecule has 5 rings (SSSR count). The van der Waals surface area contributed by atoms with Crippen molar-refractivity contribution >= 4 is 17.5 Å². The molecule has 200 valence electrons. The van der Waals surface area contributed by atoms with E-state index in [1.807, 2.05) is 48.5 Å². The fraction of sp³-hybridized carbons (Fsp3) is 0.310. The molecule has 0 aliphatic heterocycles. The van der Waals surface area contributed by atoms with Crippen LogP contribution in [-0.4, -0.2) is 50.0 Å². The number of anilines is 1. The van der Waals surface area contributed by atoms with Crippen LogP contribution in [0.1, 0.15) is 31.2 Å². The minimum absolute atomic E-state index is 0.0773. The number of rotatable bonds is 9. The minimum Gasteiger partial charge on any atom is -0.344 e. The summed E-state index contributed by atoms with van der Waals surface area (Å²) in [5.74, 6) is 0.488. The fourth-order valence-corrected chi connectivity index (χ4v) is 4.99. The number of pyridine rings is 1. The highest BCUT2D eigenvalue weighted by Crippen LogP contribution is 2.28. The molecular formula is C29H32N8O2. The number of nitrogens with one attached hydrogen (secondary N) is 3. The van der Waals surface area contributed by atoms with Gasteiger partial charge in [-0.3, -0.25) is 14.6 Å². The Morgan fingerprint density at radius 3 is 2.21 bits per heavy atom. The Kier molecular flexibility index (Phi) is 8.33. The number of hydrogen-bond donors (Lipinski definition) is 4. The number of carbonyl (C=O) groups excluding carboxylic acids is 2. The summed E-state index contributed by atoms with van der Waals surface area (Å²) in [4.78, 5) is 30.7. The standard InChI is InChI=1S/C29H32N8O2/c30-18-20-3-7-24(8-4-20)28(38)33-26(17-19-1-5-21(6-2-19)22-13-15-31-16-14-22)29(39)32-25-11-9-23(10-12-25)27-34-36-37-35-27/h1-2,5-6,9-16,20,24,26H,3-4,7-8,17-18,30H2,(H,32,39)(H,33,38)(H,34,35,36,37)/t20?,24?,26-/m0/s1. The zero-order valence-electron chi connectivity index (χ0n) is 21.6. The second-order valence-corrected chi connectivity index (χ2v) is 9.95. The Hall–Kier alpha value is -4.44. The van der Waals surface area contributed by atoms with Crippen LogP contribution in [0.3, 0.4) is 0 Å². The number of hydrogen-bond acceptors (Lipinski definition) is 7. The Morgan fingerprint density at radius 2 is 1.56 bits per heavy atom. The summed E-state index contributed by atoms with van der Waals surface area (Å²) in [7, 11) is 0. The number of benzene rings is 2. The second-order valence-electron chi connectivity index (χ2n) is 9.95. The van der Waals surface area contributed by atoms with Crippen molar-refractivity contribution in [2.24, 2.45) is 17.6 Å². The van der Waals surface area contributed by atoms with Crippen molar-refractivity contribution in [1.29, 1.82) is 0 Å². The van der Waals surface area contributed by atoms with Crippen molar-refractivity contribution in [2.75, 3.05) is 11.9 Å². The molecule has 0 radical (unpaired) electrons. The normalized spacial score (nSPS) is 17.8. The van der Waals surface area contributed by atoms with Crippen LogP contribution in [-0.2, 0) is 16.0 Å². The number of aromatic amines is 1. The second kappa shape index (κ2) is 12.4. The quantitative estimate of drug-likeness (QED) is 0.262. The van der Waals surface area contributed by atoms with Gasteiger partial charge in [0.15, 0.2) is 0 Å². The molecule has 5 N–H and O–H groups in total. The number of carbonyl (C=O) groups is 2. The molecule has 1 fully saturated rings. The third-order valence-electron chi connectivity index (χ3n) is 7.35. The highest BCUT2D eigenvalue weighted by atomic mass is 16.2. The Bertz CT molecular complexity index is 1350. The molecule has 1 atom stereocenters. The molecular weight excluding hydrogens is 492 g/mol. The van der Waals surface area contributed by atoms with Gasteiger partial charge < -0.3 is 16.4 Å². The van der Waals surface area contributed by atoms with Gasteiger partial charge in [-0.2, -0.15) is 5.21 Å². The monoisotopic (exact) mass is 524 g/mol. The molecule has 2 amide bonds. The van der Waals surface area contributed by atoms with Crippen molar-refractivity contribution in [3.8, 4) is 22.5 Å². The lowest BCUT2D eigenvalue weighted by atomic mass is 9.81. The van der Waals surface area contributed by atoms with Crippen LogP contribution in [0, 0.1) is 11.8 Å². The molecule has 1 aliphatic carbocycles. The molecule has 0 unspecified atom stereocenters. The number of nitrogens with two attached hydrogens (primary N) is 1. The molecule has 2 aromatic heterocycles. The summed E-state index contributed by atoms with van der Waals surface area (Å²) in [5.41, 5.74) is 10.3. The first-order valence-electron chi connectivity index (χ1n) is 13.2. The van der Waals surface area contributed by atoms with E-state index in [2.05, 4.69) is 36.2 Å². The van der Waals surface area contributed by atoms with E-state index < -0.39 is 6.04 Å². The van der Waals surface area contributed by atoms with Crippen LogP contribution in [0.5, 0.6) is 0 Å². The summed E-state index contributed by atoms with van der Waals surface area (Å²) in [6.45, 7) is 0.653. The van der Waals surface area contributed by atoms with E-state index >= 15 is 0 Å². The molecule has 2 heterocycles. The van der Waals surface area contributed by atoms with Gasteiger partial charge in [-0.1, -0.05) is 24.3 Å². The largest absolute Gasteiger partial charge is 0.344 e. The number of amides is 2. The van der Waals surface area contributed by atoms with Crippen molar-refractivity contribution in [2.45, 2.75) is 38.1 Å². The fourth-order valence-electron chi connectivity index (χ4n) is 4.99. The summed E-state index contributed by atoms with van der Waals surface area (Å²) >= 11 is 0. The van der Waals surface area contributed by atoms with E-state index in [9.17, 15) is 9.59 Å². The van der Waals surface area contributed by atoms with Gasteiger partial charge in [0.2, 0.25) is 17.6 Å². The van der Waals surface area contributed by atoms with E-state index in [1.165, 1.54) is 0 Å². The van der Waals surface area contributed by atoms with Crippen LogP contribution in [0.4, 0.5) is 5.69 Å². The molecule has 4 aromatic rings. The average Bonchev–Trinajstić information content (AvgIpc) is 3.53. The van der Waals surface area contributed by atoms with Crippen LogP contribution in [0.25, 0.3) is 22.5 Å². The van der Waals surface area contributed by atoms with Gasteiger partial charge in [-0.25, -0.2) is 0 Å². The molecule has 1 saturated carbocycles. The number of aromatic nitrogens is 5. The molecule has 39 heavy (non-hydrogen) atoms. The third kappa shape index (κ3) is 6.71. The first-order valence-corrected chi connectivity index (χ1v) is 13.2.